The number of amides is 2. The van der Waals surface area contributed by atoms with E-state index in [2.05, 4.69) is 26.1 Å². The lowest BCUT2D eigenvalue weighted by atomic mass is 9.69. The van der Waals surface area contributed by atoms with Crippen molar-refractivity contribution in [1.82, 2.24) is 10.2 Å². The van der Waals surface area contributed by atoms with Crippen LogP contribution >= 0.6 is 0 Å². The van der Waals surface area contributed by atoms with E-state index >= 15 is 0 Å². The molecule has 3 rings (SSSR count). The predicted octanol–water partition coefficient (Wildman–Crippen LogP) is 2.33. The summed E-state index contributed by atoms with van der Waals surface area (Å²) in [5, 5.41) is 3.30. The second-order valence-corrected chi connectivity index (χ2v) is 8.04. The Labute approximate surface area is 127 Å². The molecule has 4 unspecified atom stereocenters. The van der Waals surface area contributed by atoms with Gasteiger partial charge in [-0.25, -0.2) is 0 Å². The zero-order valence-electron chi connectivity index (χ0n) is 13.7. The molecular weight excluding hydrogens is 264 g/mol. The molecule has 1 heterocycles. The maximum absolute atomic E-state index is 12.6. The van der Waals surface area contributed by atoms with E-state index in [-0.39, 0.29) is 29.3 Å². The number of nitrogens with zero attached hydrogens (tertiary/aromatic N) is 1. The Hall–Kier alpha value is -1.06. The molecule has 2 bridgehead atoms. The molecule has 0 spiro atoms. The van der Waals surface area contributed by atoms with Crippen molar-refractivity contribution in [3.8, 4) is 0 Å². The predicted molar refractivity (Wildman–Crippen MR) is 81.6 cm³/mol. The Balaban J connectivity index is 1.71. The van der Waals surface area contributed by atoms with Gasteiger partial charge in [-0.1, -0.05) is 20.8 Å². The summed E-state index contributed by atoms with van der Waals surface area (Å²) in [5.74, 6) is 0.810. The van der Waals surface area contributed by atoms with Crippen LogP contribution in [0.5, 0.6) is 0 Å². The molecule has 0 radical (unpaired) electrons. The van der Waals surface area contributed by atoms with Crippen molar-refractivity contribution < 1.29 is 9.59 Å². The first-order valence-corrected chi connectivity index (χ1v) is 8.35. The Kier molecular flexibility index (Phi) is 3.34. The van der Waals surface area contributed by atoms with Crippen molar-refractivity contribution in [3.63, 3.8) is 0 Å². The van der Waals surface area contributed by atoms with Crippen LogP contribution in [0.15, 0.2) is 0 Å². The number of carbonyl (C=O) groups excluding carboxylic acids is 2. The molecule has 4 heteroatoms. The molecule has 2 amide bonds. The van der Waals surface area contributed by atoms with E-state index in [0.29, 0.717) is 5.41 Å². The molecule has 0 aromatic rings. The molecule has 4 atom stereocenters. The zero-order valence-corrected chi connectivity index (χ0v) is 13.7. The largest absolute Gasteiger partial charge is 0.351 e. The maximum atomic E-state index is 12.6. The van der Waals surface area contributed by atoms with Gasteiger partial charge in [0.05, 0.1) is 0 Å². The maximum Gasteiger partial charge on any atom is 0.243 e. The molecule has 2 saturated carbocycles. The van der Waals surface area contributed by atoms with Gasteiger partial charge in [0, 0.05) is 19.5 Å². The van der Waals surface area contributed by atoms with Crippen LogP contribution in [0.25, 0.3) is 0 Å². The third kappa shape index (κ3) is 2.01. The molecule has 1 saturated heterocycles. The Morgan fingerprint density at radius 1 is 1.19 bits per heavy atom. The van der Waals surface area contributed by atoms with Crippen molar-refractivity contribution in [3.05, 3.63) is 0 Å². The lowest BCUT2D eigenvalue weighted by Gasteiger charge is -2.40. The topological polar surface area (TPSA) is 49.4 Å². The number of nitrogens with one attached hydrogen (secondary N) is 1. The lowest BCUT2D eigenvalue weighted by molar-refractivity contribution is -0.137. The normalized spacial score (nSPS) is 40.6. The molecule has 2 aliphatic carbocycles. The number of carbonyl (C=O) groups is 2. The fraction of sp³-hybridized carbons (Fsp3) is 0.882. The minimum absolute atomic E-state index is 0.0205. The zero-order chi connectivity index (χ0) is 15.4. The van der Waals surface area contributed by atoms with Gasteiger partial charge in [-0.3, -0.25) is 9.59 Å². The second-order valence-electron chi connectivity index (χ2n) is 8.04. The summed E-state index contributed by atoms with van der Waals surface area (Å²) in [6.45, 7) is 9.34. The number of hydrogen-bond acceptors (Lipinski definition) is 2. The first-order valence-electron chi connectivity index (χ1n) is 8.35. The summed E-state index contributed by atoms with van der Waals surface area (Å²) in [6.07, 6.45) is 5.34. The number of rotatable bonds is 2. The molecule has 3 aliphatic rings. The average Bonchev–Trinajstić information content (AvgIpc) is 3.01. The molecule has 1 N–H and O–H groups in total. The van der Waals surface area contributed by atoms with Gasteiger partial charge in [0.1, 0.15) is 6.04 Å². The van der Waals surface area contributed by atoms with Crippen molar-refractivity contribution >= 4 is 11.8 Å². The van der Waals surface area contributed by atoms with E-state index in [1.165, 1.54) is 12.8 Å². The SMILES string of the molecule is CC(=O)N1CCCC1C(=O)NC1CC2CCC1(C)C2(C)C. The molecule has 0 aromatic heterocycles. The van der Waals surface area contributed by atoms with E-state index in [0.717, 1.165) is 31.7 Å². The van der Waals surface area contributed by atoms with Gasteiger partial charge in [0.25, 0.3) is 0 Å². The first kappa shape index (κ1) is 14.9. The van der Waals surface area contributed by atoms with Crippen LogP contribution in [0.2, 0.25) is 0 Å². The van der Waals surface area contributed by atoms with Crippen LogP contribution in [0, 0.1) is 16.7 Å². The van der Waals surface area contributed by atoms with Crippen molar-refractivity contribution in [2.75, 3.05) is 6.54 Å². The van der Waals surface area contributed by atoms with E-state index in [1.54, 1.807) is 11.8 Å². The smallest absolute Gasteiger partial charge is 0.243 e. The number of likely N-dealkylation sites (tertiary alicyclic amines) is 1. The van der Waals surface area contributed by atoms with Gasteiger partial charge in [0.2, 0.25) is 11.8 Å². The van der Waals surface area contributed by atoms with Crippen LogP contribution in [0.3, 0.4) is 0 Å². The molecule has 3 fully saturated rings. The highest BCUT2D eigenvalue weighted by Crippen LogP contribution is 2.65. The van der Waals surface area contributed by atoms with E-state index in [1.807, 2.05) is 0 Å². The van der Waals surface area contributed by atoms with Gasteiger partial charge in [0.15, 0.2) is 0 Å². The van der Waals surface area contributed by atoms with Crippen LogP contribution in [0.4, 0.5) is 0 Å². The van der Waals surface area contributed by atoms with Crippen molar-refractivity contribution in [2.45, 2.75) is 71.9 Å². The summed E-state index contributed by atoms with van der Waals surface area (Å²) in [6, 6.07) is 0.0292. The third-order valence-electron chi connectivity index (χ3n) is 7.07. The summed E-state index contributed by atoms with van der Waals surface area (Å²) >= 11 is 0. The quantitative estimate of drug-likeness (QED) is 0.849. The number of hydrogen-bond donors (Lipinski definition) is 1. The average molecular weight is 292 g/mol. The first-order chi connectivity index (χ1) is 9.77. The molecular formula is C17H28N2O2. The van der Waals surface area contributed by atoms with E-state index in [9.17, 15) is 9.59 Å². The fourth-order valence-corrected chi connectivity index (χ4v) is 5.11. The number of fused-ring (bicyclic) bond motifs is 2. The highest BCUT2D eigenvalue weighted by molar-refractivity contribution is 5.87. The van der Waals surface area contributed by atoms with Crippen LogP contribution in [-0.4, -0.2) is 35.3 Å². The van der Waals surface area contributed by atoms with E-state index < -0.39 is 0 Å². The Morgan fingerprint density at radius 3 is 2.43 bits per heavy atom. The molecule has 4 nitrogen and oxygen atoms in total. The highest BCUT2D eigenvalue weighted by atomic mass is 16.2. The standard InChI is InChI=1S/C17H28N2O2/c1-11(20)19-9-5-6-13(19)15(21)18-14-10-12-7-8-17(14,4)16(12,2)3/h12-14H,5-10H2,1-4H3,(H,18,21). The highest BCUT2D eigenvalue weighted by Gasteiger charge is 2.61. The van der Waals surface area contributed by atoms with Crippen LogP contribution in [0.1, 0.15) is 59.8 Å². The van der Waals surface area contributed by atoms with E-state index in [4.69, 9.17) is 0 Å². The molecule has 21 heavy (non-hydrogen) atoms. The lowest BCUT2D eigenvalue weighted by Crippen LogP contribution is -2.52. The summed E-state index contributed by atoms with van der Waals surface area (Å²) in [4.78, 5) is 26.0. The van der Waals surface area contributed by atoms with Crippen LogP contribution in [-0.2, 0) is 9.59 Å². The fourth-order valence-electron chi connectivity index (χ4n) is 5.11. The monoisotopic (exact) mass is 292 g/mol. The molecule has 1 aliphatic heterocycles. The summed E-state index contributed by atoms with van der Waals surface area (Å²) in [5.41, 5.74) is 0.508. The van der Waals surface area contributed by atoms with Gasteiger partial charge in [-0.2, -0.15) is 0 Å². The Bertz CT molecular complexity index is 473. The van der Waals surface area contributed by atoms with Gasteiger partial charge >= 0.3 is 0 Å². The van der Waals surface area contributed by atoms with Gasteiger partial charge < -0.3 is 10.2 Å². The van der Waals surface area contributed by atoms with Crippen LogP contribution < -0.4 is 5.32 Å². The minimum Gasteiger partial charge on any atom is -0.351 e. The summed E-state index contributed by atoms with van der Waals surface area (Å²) < 4.78 is 0. The Morgan fingerprint density at radius 2 is 1.90 bits per heavy atom. The molecule has 0 aromatic carbocycles. The van der Waals surface area contributed by atoms with Crippen molar-refractivity contribution in [1.29, 1.82) is 0 Å². The van der Waals surface area contributed by atoms with Crippen molar-refractivity contribution in [2.24, 2.45) is 16.7 Å². The minimum atomic E-state index is -0.242. The second kappa shape index (κ2) is 4.72. The van der Waals surface area contributed by atoms with Gasteiger partial charge in [-0.05, 0) is 48.9 Å². The third-order valence-corrected chi connectivity index (χ3v) is 7.07. The summed E-state index contributed by atoms with van der Waals surface area (Å²) in [7, 11) is 0. The van der Waals surface area contributed by atoms with Gasteiger partial charge in [-0.15, -0.1) is 0 Å². The molecule has 118 valence electrons.